The van der Waals surface area contributed by atoms with Gasteiger partial charge in [-0.25, -0.2) is 0 Å². The van der Waals surface area contributed by atoms with E-state index >= 15 is 0 Å². The molecule has 1 aromatic rings. The van der Waals surface area contributed by atoms with E-state index in [0.717, 1.165) is 31.7 Å². The molecule has 0 spiro atoms. The third-order valence-corrected chi connectivity index (χ3v) is 3.08. The van der Waals surface area contributed by atoms with Crippen molar-refractivity contribution in [2.24, 2.45) is 0 Å². The van der Waals surface area contributed by atoms with Gasteiger partial charge in [0.25, 0.3) is 0 Å². The molecule has 0 saturated carbocycles. The topological polar surface area (TPSA) is 58.7 Å². The molecule has 1 fully saturated rings. The Balaban J connectivity index is 1.88. The summed E-state index contributed by atoms with van der Waals surface area (Å²) in [5.74, 6) is 0.149. The highest BCUT2D eigenvalue weighted by Gasteiger charge is 2.17. The SMILES string of the molecule is CN(Cc1ccc(O)c(N)c1)CC1CCCO1. The minimum absolute atomic E-state index is 0.149. The van der Waals surface area contributed by atoms with Crippen molar-refractivity contribution in [1.29, 1.82) is 0 Å². The smallest absolute Gasteiger partial charge is 0.138 e. The molecule has 1 atom stereocenters. The summed E-state index contributed by atoms with van der Waals surface area (Å²) >= 11 is 0. The maximum Gasteiger partial charge on any atom is 0.138 e. The van der Waals surface area contributed by atoms with E-state index in [0.29, 0.717) is 11.8 Å². The number of phenolic OH excluding ortho intramolecular Hbond substituents is 1. The van der Waals surface area contributed by atoms with E-state index < -0.39 is 0 Å². The van der Waals surface area contributed by atoms with Crippen molar-refractivity contribution >= 4 is 5.69 Å². The molecule has 17 heavy (non-hydrogen) atoms. The molecule has 1 aliphatic rings. The van der Waals surface area contributed by atoms with Gasteiger partial charge in [0, 0.05) is 19.7 Å². The van der Waals surface area contributed by atoms with Gasteiger partial charge in [0.15, 0.2) is 0 Å². The molecule has 0 bridgehead atoms. The Morgan fingerprint density at radius 3 is 3.00 bits per heavy atom. The number of hydrogen-bond acceptors (Lipinski definition) is 4. The fourth-order valence-corrected chi connectivity index (χ4v) is 2.21. The first-order chi connectivity index (χ1) is 8.15. The number of nitrogens with zero attached hydrogens (tertiary/aromatic N) is 1. The average Bonchev–Trinajstić information content (AvgIpc) is 2.76. The third-order valence-electron chi connectivity index (χ3n) is 3.08. The van der Waals surface area contributed by atoms with Gasteiger partial charge in [0.1, 0.15) is 5.75 Å². The molecule has 0 aromatic heterocycles. The van der Waals surface area contributed by atoms with Crippen LogP contribution in [0.3, 0.4) is 0 Å². The monoisotopic (exact) mass is 236 g/mol. The van der Waals surface area contributed by atoms with Crippen LogP contribution in [0.15, 0.2) is 18.2 Å². The van der Waals surface area contributed by atoms with E-state index in [2.05, 4.69) is 11.9 Å². The van der Waals surface area contributed by atoms with Gasteiger partial charge in [-0.15, -0.1) is 0 Å². The maximum absolute atomic E-state index is 9.35. The van der Waals surface area contributed by atoms with Crippen molar-refractivity contribution < 1.29 is 9.84 Å². The van der Waals surface area contributed by atoms with Crippen LogP contribution in [-0.4, -0.2) is 36.3 Å². The van der Waals surface area contributed by atoms with E-state index in [-0.39, 0.29) is 5.75 Å². The second kappa shape index (κ2) is 5.38. The summed E-state index contributed by atoms with van der Waals surface area (Å²) in [5.41, 5.74) is 7.22. The van der Waals surface area contributed by atoms with Gasteiger partial charge < -0.3 is 15.6 Å². The van der Waals surface area contributed by atoms with Crippen LogP contribution in [0.4, 0.5) is 5.69 Å². The van der Waals surface area contributed by atoms with Crippen LogP contribution >= 0.6 is 0 Å². The molecule has 94 valence electrons. The lowest BCUT2D eigenvalue weighted by molar-refractivity contribution is 0.0793. The van der Waals surface area contributed by atoms with Crippen molar-refractivity contribution in [1.82, 2.24) is 4.90 Å². The van der Waals surface area contributed by atoms with Crippen molar-refractivity contribution in [3.05, 3.63) is 23.8 Å². The van der Waals surface area contributed by atoms with Crippen molar-refractivity contribution in [3.8, 4) is 5.75 Å². The molecule has 1 unspecified atom stereocenters. The Kier molecular flexibility index (Phi) is 3.86. The Morgan fingerprint density at radius 2 is 2.35 bits per heavy atom. The largest absolute Gasteiger partial charge is 0.506 e. The first-order valence-electron chi connectivity index (χ1n) is 6.02. The number of ether oxygens (including phenoxy) is 1. The van der Waals surface area contributed by atoms with Crippen LogP contribution < -0.4 is 5.73 Å². The van der Waals surface area contributed by atoms with Crippen LogP contribution in [0.25, 0.3) is 0 Å². The molecule has 0 aliphatic carbocycles. The Bertz CT molecular complexity index is 376. The number of rotatable bonds is 4. The molecular formula is C13H20N2O2. The van der Waals surface area contributed by atoms with E-state index in [4.69, 9.17) is 10.5 Å². The molecule has 4 heteroatoms. The summed E-state index contributed by atoms with van der Waals surface area (Å²) in [4.78, 5) is 2.22. The Morgan fingerprint density at radius 1 is 1.53 bits per heavy atom. The van der Waals surface area contributed by atoms with Crippen LogP contribution in [0.1, 0.15) is 18.4 Å². The van der Waals surface area contributed by atoms with Gasteiger partial charge in [-0.3, -0.25) is 4.90 Å². The quantitative estimate of drug-likeness (QED) is 0.615. The second-order valence-corrected chi connectivity index (χ2v) is 4.72. The minimum atomic E-state index is 0.149. The van der Waals surface area contributed by atoms with E-state index in [1.807, 2.05) is 12.1 Å². The van der Waals surface area contributed by atoms with E-state index in [9.17, 15) is 5.11 Å². The van der Waals surface area contributed by atoms with Crippen LogP contribution in [0.5, 0.6) is 5.75 Å². The number of likely N-dealkylation sites (N-methyl/N-ethyl adjacent to an activating group) is 1. The lowest BCUT2D eigenvalue weighted by Crippen LogP contribution is -2.28. The van der Waals surface area contributed by atoms with Gasteiger partial charge in [-0.05, 0) is 37.6 Å². The zero-order chi connectivity index (χ0) is 12.3. The van der Waals surface area contributed by atoms with Crippen molar-refractivity contribution in [3.63, 3.8) is 0 Å². The number of phenols is 1. The van der Waals surface area contributed by atoms with Gasteiger partial charge in [0.05, 0.1) is 11.8 Å². The lowest BCUT2D eigenvalue weighted by Gasteiger charge is -2.20. The fourth-order valence-electron chi connectivity index (χ4n) is 2.21. The van der Waals surface area contributed by atoms with Crippen LogP contribution in [0.2, 0.25) is 0 Å². The zero-order valence-corrected chi connectivity index (χ0v) is 10.2. The van der Waals surface area contributed by atoms with E-state index in [1.165, 1.54) is 6.42 Å². The first kappa shape index (κ1) is 12.2. The first-order valence-corrected chi connectivity index (χ1v) is 6.02. The number of anilines is 1. The number of aromatic hydroxyl groups is 1. The summed E-state index contributed by atoms with van der Waals surface area (Å²) in [6, 6.07) is 5.36. The Hall–Kier alpha value is -1.26. The summed E-state index contributed by atoms with van der Waals surface area (Å²) in [7, 11) is 2.07. The molecule has 0 amide bonds. The zero-order valence-electron chi connectivity index (χ0n) is 10.2. The van der Waals surface area contributed by atoms with Gasteiger partial charge in [0.2, 0.25) is 0 Å². The van der Waals surface area contributed by atoms with E-state index in [1.54, 1.807) is 6.07 Å². The molecule has 1 saturated heterocycles. The normalized spacial score (nSPS) is 20.0. The van der Waals surface area contributed by atoms with Gasteiger partial charge >= 0.3 is 0 Å². The molecule has 4 nitrogen and oxygen atoms in total. The summed E-state index contributed by atoms with van der Waals surface area (Å²) in [5, 5.41) is 9.35. The number of benzene rings is 1. The molecule has 1 heterocycles. The number of hydrogen-bond donors (Lipinski definition) is 2. The molecule has 2 rings (SSSR count). The van der Waals surface area contributed by atoms with Crippen LogP contribution in [-0.2, 0) is 11.3 Å². The van der Waals surface area contributed by atoms with Gasteiger partial charge in [-0.2, -0.15) is 0 Å². The summed E-state index contributed by atoms with van der Waals surface area (Å²) in [6.45, 7) is 2.66. The van der Waals surface area contributed by atoms with Crippen LogP contribution in [0, 0.1) is 0 Å². The molecule has 0 radical (unpaired) electrons. The Labute approximate surface area is 102 Å². The predicted octanol–water partition coefficient (Wildman–Crippen LogP) is 1.59. The maximum atomic E-state index is 9.35. The molecular weight excluding hydrogens is 216 g/mol. The number of nitrogen functional groups attached to an aromatic ring is 1. The lowest BCUT2D eigenvalue weighted by atomic mass is 10.1. The minimum Gasteiger partial charge on any atom is -0.506 e. The summed E-state index contributed by atoms with van der Waals surface area (Å²) in [6.07, 6.45) is 2.70. The standard InChI is InChI=1S/C13H20N2O2/c1-15(9-11-3-2-6-17-11)8-10-4-5-13(16)12(14)7-10/h4-5,7,11,16H,2-3,6,8-9,14H2,1H3. The second-order valence-electron chi connectivity index (χ2n) is 4.72. The number of nitrogens with two attached hydrogens (primary N) is 1. The van der Waals surface area contributed by atoms with Crippen molar-refractivity contribution in [2.45, 2.75) is 25.5 Å². The highest BCUT2D eigenvalue weighted by atomic mass is 16.5. The average molecular weight is 236 g/mol. The highest BCUT2D eigenvalue weighted by Crippen LogP contribution is 2.21. The molecule has 1 aliphatic heterocycles. The molecule has 3 N–H and O–H groups in total. The van der Waals surface area contributed by atoms with Crippen molar-refractivity contribution in [2.75, 3.05) is 25.9 Å². The molecule has 1 aromatic carbocycles. The van der Waals surface area contributed by atoms with Gasteiger partial charge in [-0.1, -0.05) is 6.07 Å². The fraction of sp³-hybridized carbons (Fsp3) is 0.538. The third kappa shape index (κ3) is 3.35. The highest BCUT2D eigenvalue weighted by molar-refractivity contribution is 5.53. The summed E-state index contributed by atoms with van der Waals surface area (Å²) < 4.78 is 5.60. The predicted molar refractivity (Wildman–Crippen MR) is 67.8 cm³/mol.